The van der Waals surface area contributed by atoms with E-state index in [0.717, 1.165) is 0 Å². The summed E-state index contributed by atoms with van der Waals surface area (Å²) in [4.78, 5) is 13.7. The Morgan fingerprint density at radius 3 is 1.29 bits per heavy atom. The first-order chi connectivity index (χ1) is 18.2. The Labute approximate surface area is 214 Å². The summed E-state index contributed by atoms with van der Waals surface area (Å²) >= 11 is 0. The van der Waals surface area contributed by atoms with Crippen molar-refractivity contribution in [3.63, 3.8) is 0 Å². The summed E-state index contributed by atoms with van der Waals surface area (Å²) < 4.78 is 87.1. The van der Waals surface area contributed by atoms with E-state index in [9.17, 15) is 31.1 Å². The summed E-state index contributed by atoms with van der Waals surface area (Å²) in [5, 5.41) is 0. The second kappa shape index (κ2) is 11.9. The van der Waals surface area contributed by atoms with Gasteiger partial charge in [-0.2, -0.15) is 17.6 Å². The highest BCUT2D eigenvalue weighted by atomic mass is 19.3. The molecule has 3 nitrogen and oxygen atoms in total. The lowest BCUT2D eigenvalue weighted by atomic mass is 9.90. The standard InChI is InChI=1S/C29H20F6O3/c30-21-5-1-17(2-6-21)13-19-15-23(37-28(32)33)9-11-25(19)27(36)26-12-10-24(38-29(34)35)16-20(26)14-18-3-7-22(31)8-4-18/h1-12,15-16,28-29H,13-14H2. The van der Waals surface area contributed by atoms with E-state index in [0.29, 0.717) is 22.3 Å². The molecule has 4 aromatic rings. The Bertz CT molecular complexity index is 1300. The van der Waals surface area contributed by atoms with Crippen LogP contribution in [0.2, 0.25) is 0 Å². The molecule has 0 aliphatic rings. The molecule has 0 atom stereocenters. The van der Waals surface area contributed by atoms with E-state index >= 15 is 0 Å². The van der Waals surface area contributed by atoms with Gasteiger partial charge in [0, 0.05) is 11.1 Å². The number of alkyl halides is 4. The van der Waals surface area contributed by atoms with Crippen molar-refractivity contribution >= 4 is 5.78 Å². The number of rotatable bonds is 10. The highest BCUT2D eigenvalue weighted by Crippen LogP contribution is 2.29. The molecule has 38 heavy (non-hydrogen) atoms. The molecule has 0 aliphatic carbocycles. The molecule has 0 fully saturated rings. The average molecular weight is 530 g/mol. The number of halogens is 6. The third-order valence-corrected chi connectivity index (χ3v) is 5.71. The maximum absolute atomic E-state index is 13.7. The smallest absolute Gasteiger partial charge is 0.387 e. The Kier molecular flexibility index (Phi) is 8.35. The van der Waals surface area contributed by atoms with Crippen molar-refractivity contribution in [2.45, 2.75) is 26.1 Å². The van der Waals surface area contributed by atoms with Crippen LogP contribution in [-0.4, -0.2) is 19.0 Å². The molecule has 0 aromatic heterocycles. The fraction of sp³-hybridized carbons (Fsp3) is 0.138. The number of hydrogen-bond acceptors (Lipinski definition) is 3. The number of ether oxygens (including phenoxy) is 2. The Morgan fingerprint density at radius 2 is 0.947 bits per heavy atom. The highest BCUT2D eigenvalue weighted by Gasteiger charge is 2.20. The lowest BCUT2D eigenvalue weighted by Gasteiger charge is -2.16. The predicted molar refractivity (Wildman–Crippen MR) is 128 cm³/mol. The van der Waals surface area contributed by atoms with Gasteiger partial charge in [-0.1, -0.05) is 24.3 Å². The zero-order valence-electron chi connectivity index (χ0n) is 19.6. The zero-order valence-corrected chi connectivity index (χ0v) is 19.6. The van der Waals surface area contributed by atoms with Gasteiger partial charge < -0.3 is 9.47 Å². The van der Waals surface area contributed by atoms with Crippen LogP contribution < -0.4 is 9.47 Å². The molecule has 9 heteroatoms. The number of carbonyl (C=O) groups excluding carboxylic acids is 1. The summed E-state index contributed by atoms with van der Waals surface area (Å²) in [6.45, 7) is -6.17. The van der Waals surface area contributed by atoms with Crippen LogP contribution in [0.15, 0.2) is 84.9 Å². The minimum Gasteiger partial charge on any atom is -0.435 e. The van der Waals surface area contributed by atoms with E-state index < -0.39 is 30.6 Å². The van der Waals surface area contributed by atoms with Crippen LogP contribution in [-0.2, 0) is 12.8 Å². The number of benzene rings is 4. The van der Waals surface area contributed by atoms with Gasteiger partial charge in [0.25, 0.3) is 0 Å². The van der Waals surface area contributed by atoms with Crippen molar-refractivity contribution in [3.8, 4) is 11.5 Å². The van der Waals surface area contributed by atoms with Crippen molar-refractivity contribution < 1.29 is 40.6 Å². The van der Waals surface area contributed by atoms with Gasteiger partial charge in [-0.15, -0.1) is 0 Å². The third-order valence-electron chi connectivity index (χ3n) is 5.71. The largest absolute Gasteiger partial charge is 0.435 e. The van der Waals surface area contributed by atoms with Gasteiger partial charge in [-0.25, -0.2) is 8.78 Å². The maximum Gasteiger partial charge on any atom is 0.387 e. The molecule has 0 unspecified atom stereocenters. The van der Waals surface area contributed by atoms with Crippen LogP contribution in [0.5, 0.6) is 11.5 Å². The number of ketones is 1. The quantitative estimate of drug-likeness (QED) is 0.157. The first-order valence-electron chi connectivity index (χ1n) is 11.4. The first-order valence-corrected chi connectivity index (χ1v) is 11.4. The van der Waals surface area contributed by atoms with Gasteiger partial charge in [0.2, 0.25) is 0 Å². The normalized spacial score (nSPS) is 11.2. The molecule has 0 N–H and O–H groups in total. The van der Waals surface area contributed by atoms with Crippen molar-refractivity contribution in [2.24, 2.45) is 0 Å². The predicted octanol–water partition coefficient (Wildman–Crippen LogP) is 7.58. The van der Waals surface area contributed by atoms with Crippen LogP contribution in [0.25, 0.3) is 0 Å². The summed E-state index contributed by atoms with van der Waals surface area (Å²) in [6, 6.07) is 18.7. The van der Waals surface area contributed by atoms with Crippen LogP contribution in [0.3, 0.4) is 0 Å². The van der Waals surface area contributed by atoms with Gasteiger partial charge in [0.15, 0.2) is 5.78 Å². The van der Waals surface area contributed by atoms with E-state index in [2.05, 4.69) is 9.47 Å². The summed E-state index contributed by atoms with van der Waals surface area (Å²) in [5.41, 5.74) is 2.20. The Balaban J connectivity index is 1.76. The molecule has 0 bridgehead atoms. The average Bonchev–Trinajstić information content (AvgIpc) is 2.86. The van der Waals surface area contributed by atoms with Crippen molar-refractivity contribution in [2.75, 3.05) is 0 Å². The highest BCUT2D eigenvalue weighted by molar-refractivity contribution is 6.11. The Morgan fingerprint density at radius 1 is 0.579 bits per heavy atom. The van der Waals surface area contributed by atoms with Crippen molar-refractivity contribution in [1.29, 1.82) is 0 Å². The van der Waals surface area contributed by atoms with E-state index in [1.165, 1.54) is 84.9 Å². The molecule has 4 rings (SSSR count). The number of hydrogen-bond donors (Lipinski definition) is 0. The van der Waals surface area contributed by atoms with Gasteiger partial charge in [-0.3, -0.25) is 4.79 Å². The Hall–Kier alpha value is -4.27. The van der Waals surface area contributed by atoms with E-state index in [1.807, 2.05) is 0 Å². The van der Waals surface area contributed by atoms with Gasteiger partial charge in [-0.05, 0) is 95.8 Å². The van der Waals surface area contributed by atoms with Crippen LogP contribution in [0.4, 0.5) is 26.3 Å². The monoisotopic (exact) mass is 530 g/mol. The topological polar surface area (TPSA) is 35.5 Å². The molecule has 0 radical (unpaired) electrons. The minimum atomic E-state index is -3.08. The first kappa shape index (κ1) is 26.8. The van der Waals surface area contributed by atoms with Crippen molar-refractivity contribution in [1.82, 2.24) is 0 Å². The van der Waals surface area contributed by atoms with Crippen LogP contribution in [0.1, 0.15) is 38.2 Å². The van der Waals surface area contributed by atoms with E-state index in [-0.39, 0.29) is 35.5 Å². The number of carbonyl (C=O) groups is 1. The van der Waals surface area contributed by atoms with Gasteiger partial charge in [0.05, 0.1) is 0 Å². The molecule has 0 saturated heterocycles. The second-order valence-corrected chi connectivity index (χ2v) is 8.33. The van der Waals surface area contributed by atoms with E-state index in [1.54, 1.807) is 0 Å². The summed E-state index contributed by atoms with van der Waals surface area (Å²) in [5.74, 6) is -1.76. The molecular weight excluding hydrogens is 510 g/mol. The molecule has 4 aromatic carbocycles. The SMILES string of the molecule is O=C(c1ccc(OC(F)F)cc1Cc1ccc(F)cc1)c1ccc(OC(F)F)cc1Cc1ccc(F)cc1. The van der Waals surface area contributed by atoms with Crippen LogP contribution >= 0.6 is 0 Å². The molecule has 0 saturated carbocycles. The lowest BCUT2D eigenvalue weighted by molar-refractivity contribution is -0.0505. The second-order valence-electron chi connectivity index (χ2n) is 8.33. The van der Waals surface area contributed by atoms with Crippen molar-refractivity contribution in [3.05, 3.63) is 130 Å². The van der Waals surface area contributed by atoms with Crippen LogP contribution in [0, 0.1) is 11.6 Å². The molecule has 0 heterocycles. The molecule has 196 valence electrons. The zero-order chi connectivity index (χ0) is 27.2. The summed E-state index contributed by atoms with van der Waals surface area (Å²) in [7, 11) is 0. The fourth-order valence-corrected chi connectivity index (χ4v) is 4.02. The van der Waals surface area contributed by atoms with E-state index in [4.69, 9.17) is 0 Å². The van der Waals surface area contributed by atoms with Gasteiger partial charge in [0.1, 0.15) is 23.1 Å². The third kappa shape index (κ3) is 6.94. The molecule has 0 amide bonds. The molecule has 0 spiro atoms. The van der Waals surface area contributed by atoms with Gasteiger partial charge >= 0.3 is 13.2 Å². The molecule has 0 aliphatic heterocycles. The summed E-state index contributed by atoms with van der Waals surface area (Å²) in [6.07, 6.45) is 0.198. The maximum atomic E-state index is 13.7. The minimum absolute atomic E-state index is 0.0989. The molecular formula is C29H20F6O3. The lowest BCUT2D eigenvalue weighted by Crippen LogP contribution is -2.11. The fourth-order valence-electron chi connectivity index (χ4n) is 4.02.